The maximum absolute atomic E-state index is 8.82. The molecule has 21 rings (SSSR count). The number of hydrogen-bond acceptors (Lipinski definition) is 2. The highest BCUT2D eigenvalue weighted by Gasteiger charge is 2.47. The van der Waals surface area contributed by atoms with Crippen LogP contribution in [0, 0.1) is 13.7 Å². The molecule has 2 aliphatic heterocycles. The number of benzene rings is 18. The van der Waals surface area contributed by atoms with Crippen LogP contribution in [-0.4, -0.2) is 19.4 Å². The molecular weight excluding hydrogens is 1500 g/mol. The average Bonchev–Trinajstić information content (AvgIpc) is 1.33. The highest BCUT2D eigenvalue weighted by Crippen LogP contribution is 2.56. The van der Waals surface area contributed by atoms with Crippen molar-refractivity contribution in [2.24, 2.45) is 0 Å². The molecule has 0 fully saturated rings. The Hall–Kier alpha value is -14.4. The zero-order valence-corrected chi connectivity index (χ0v) is 70.8. The SMILES string of the molecule is [2H]C([2H])([2H])c1ccc2c(c1)c1cc(C([2H])([2H])[2H])ccc1n2-c1ccc2c(c1)N(c1c(-c3ccccc3)cc(-c3ccccc3)cc1-c1ccccc1)c1cc(-c3cc(C(C)(C)C)cc(C(C)(C)C)c3)cc3c1B2c1cc(-c2ccc([Si](c4ccccc4)(c4ccccc4)c4ccccc4)cc2)ccc1N3c1c(-c2ccccc2)cc(-c2ccccc2)cc1-c1ccccc1. The molecule has 0 spiro atoms. The predicted octanol–water partition coefficient (Wildman–Crippen LogP) is 26.8. The van der Waals surface area contributed by atoms with Gasteiger partial charge in [0.15, 0.2) is 8.07 Å². The third-order valence-corrected chi connectivity index (χ3v) is 30.4. The molecule has 0 saturated carbocycles. The second-order valence-electron chi connectivity index (χ2n) is 35.1. The Morgan fingerprint density at radius 3 is 0.984 bits per heavy atom. The molecule has 1 aromatic heterocycles. The summed E-state index contributed by atoms with van der Waals surface area (Å²) in [4.78, 5) is 5.27. The predicted molar refractivity (Wildman–Crippen MR) is 529 cm³/mol. The standard InChI is InChI=1S/C118H94BN3Si/c1-79-54-63-108-104(66-79)105-67-80(2)55-64-109(105)120(108)95-59-62-106-111(78-95)122(116-102(86-44-26-13-27-45-86)72-91(82-38-20-10-21-39-82)73-103(116)87-46-28-14-29-47-87)113-76-92(89-68-93(117(3,4)5)77-94(69-89)118(6,7)8)75-112-114(113)119(106)107-74-88(83-56-60-99(61-57-83)123(96-48-30-15-31-49-96,97-50-32-16-33-51-97)98-52-34-17-35-53-98)58-65-110(107)121(112)115-100(84-40-22-11-23-41-84)70-90(81-36-18-9-19-37-81)71-101(115)85-42-24-12-25-43-85/h9-78H,1-8H3/i1D3,2D3. The Kier molecular flexibility index (Phi) is 17.3. The van der Waals surface area contributed by atoms with E-state index in [0.717, 1.165) is 156 Å². The van der Waals surface area contributed by atoms with Gasteiger partial charge < -0.3 is 14.4 Å². The van der Waals surface area contributed by atoms with E-state index in [1.54, 1.807) is 24.3 Å². The maximum Gasteiger partial charge on any atom is 0.252 e. The molecule has 0 atom stereocenters. The van der Waals surface area contributed by atoms with Gasteiger partial charge in [-0.3, -0.25) is 0 Å². The van der Waals surface area contributed by atoms with E-state index in [2.05, 4.69) is 444 Å². The summed E-state index contributed by atoms with van der Waals surface area (Å²) in [6.07, 6.45) is 0. The molecule has 588 valence electrons. The third kappa shape index (κ3) is 13.4. The number of aryl methyl sites for hydroxylation is 2. The molecule has 0 saturated heterocycles. The van der Waals surface area contributed by atoms with E-state index in [0.29, 0.717) is 10.8 Å². The zero-order chi connectivity index (χ0) is 88.2. The molecule has 0 aliphatic carbocycles. The quantitative estimate of drug-likeness (QED) is 0.0749. The molecule has 0 radical (unpaired) electrons. The summed E-state index contributed by atoms with van der Waals surface area (Å²) in [7, 11) is -2.98. The lowest BCUT2D eigenvalue weighted by Gasteiger charge is -2.46. The highest BCUT2D eigenvalue weighted by atomic mass is 28.3. The van der Waals surface area contributed by atoms with E-state index in [-0.39, 0.29) is 22.0 Å². The van der Waals surface area contributed by atoms with Crippen LogP contribution in [0.1, 0.15) is 72.0 Å². The molecule has 5 heteroatoms. The third-order valence-electron chi connectivity index (χ3n) is 25.6. The van der Waals surface area contributed by atoms with Gasteiger partial charge in [-0.1, -0.05) is 398 Å². The van der Waals surface area contributed by atoms with Crippen molar-refractivity contribution in [3.05, 3.63) is 447 Å². The number of anilines is 6. The first-order chi connectivity index (χ1) is 62.5. The van der Waals surface area contributed by atoms with Crippen LogP contribution >= 0.6 is 0 Å². The molecule has 0 bridgehead atoms. The van der Waals surface area contributed by atoms with Gasteiger partial charge in [-0.2, -0.15) is 0 Å². The molecule has 0 N–H and O–H groups in total. The largest absolute Gasteiger partial charge is 0.310 e. The summed E-state index contributed by atoms with van der Waals surface area (Å²) in [6.45, 7) is 8.56. The molecular formula is C118H94BN3Si. The van der Waals surface area contributed by atoms with Crippen LogP contribution < -0.4 is 46.9 Å². The fourth-order valence-electron chi connectivity index (χ4n) is 19.6. The smallest absolute Gasteiger partial charge is 0.252 e. The molecule has 2 aliphatic rings. The Morgan fingerprint density at radius 2 is 0.593 bits per heavy atom. The summed E-state index contributed by atoms with van der Waals surface area (Å²) >= 11 is 0. The molecule has 0 unspecified atom stereocenters. The minimum Gasteiger partial charge on any atom is -0.310 e. The summed E-state index contributed by atoms with van der Waals surface area (Å²) in [5.74, 6) is 0. The second kappa shape index (κ2) is 30.7. The lowest BCUT2D eigenvalue weighted by atomic mass is 9.33. The van der Waals surface area contributed by atoms with E-state index in [9.17, 15) is 0 Å². The van der Waals surface area contributed by atoms with Crippen molar-refractivity contribution in [1.82, 2.24) is 4.57 Å². The first kappa shape index (κ1) is 69.4. The fourth-order valence-corrected chi connectivity index (χ4v) is 24.3. The summed E-state index contributed by atoms with van der Waals surface area (Å²) < 4.78 is 55.2. The van der Waals surface area contributed by atoms with Crippen molar-refractivity contribution >= 4 is 108 Å². The van der Waals surface area contributed by atoms with Gasteiger partial charge in [0.2, 0.25) is 0 Å². The Labute approximate surface area is 733 Å². The van der Waals surface area contributed by atoms with Crippen LogP contribution in [0.15, 0.2) is 425 Å². The van der Waals surface area contributed by atoms with E-state index in [4.69, 9.17) is 8.22 Å². The van der Waals surface area contributed by atoms with Crippen LogP contribution in [0.25, 0.3) is 117 Å². The summed E-state index contributed by atoms with van der Waals surface area (Å²) in [6, 6.07) is 155. The van der Waals surface area contributed by atoms with Crippen LogP contribution in [0.3, 0.4) is 0 Å². The molecule has 3 nitrogen and oxygen atoms in total. The molecule has 0 amide bonds. The molecule has 19 aromatic rings. The fraction of sp³-hybridized carbons (Fsp3) is 0.0847. The van der Waals surface area contributed by atoms with Gasteiger partial charge in [0, 0.05) is 69.7 Å². The maximum atomic E-state index is 8.82. The number of aromatic nitrogens is 1. The summed E-state index contributed by atoms with van der Waals surface area (Å²) in [5.41, 5.74) is 30.6. The van der Waals surface area contributed by atoms with Crippen molar-refractivity contribution in [3.63, 3.8) is 0 Å². The lowest BCUT2D eigenvalue weighted by Crippen LogP contribution is -2.74. The first-order valence-corrected chi connectivity index (χ1v) is 44.8. The van der Waals surface area contributed by atoms with Crippen LogP contribution in [0.2, 0.25) is 0 Å². The zero-order valence-electron chi connectivity index (χ0n) is 75.8. The van der Waals surface area contributed by atoms with Crippen molar-refractivity contribution in [2.75, 3.05) is 9.80 Å². The molecule has 18 aromatic carbocycles. The number of fused-ring (bicyclic) bond motifs is 7. The van der Waals surface area contributed by atoms with E-state index in [1.807, 2.05) is 12.1 Å². The van der Waals surface area contributed by atoms with Gasteiger partial charge in [-0.15, -0.1) is 0 Å². The van der Waals surface area contributed by atoms with Gasteiger partial charge >= 0.3 is 0 Å². The minimum atomic E-state index is -2.98. The average molecular weight is 1600 g/mol. The van der Waals surface area contributed by atoms with Gasteiger partial charge in [-0.05, 0) is 218 Å². The Morgan fingerprint density at radius 1 is 0.252 bits per heavy atom. The monoisotopic (exact) mass is 1600 g/mol. The van der Waals surface area contributed by atoms with Crippen molar-refractivity contribution < 1.29 is 8.22 Å². The van der Waals surface area contributed by atoms with Gasteiger partial charge in [-0.25, -0.2) is 0 Å². The van der Waals surface area contributed by atoms with Gasteiger partial charge in [0.25, 0.3) is 6.71 Å². The summed E-state index contributed by atoms with van der Waals surface area (Å²) in [5, 5.41) is 6.45. The van der Waals surface area contributed by atoms with Crippen molar-refractivity contribution in [1.29, 1.82) is 0 Å². The number of rotatable bonds is 15. The van der Waals surface area contributed by atoms with Crippen LogP contribution in [0.4, 0.5) is 34.1 Å². The number of hydrogen-bond donors (Lipinski definition) is 0. The van der Waals surface area contributed by atoms with E-state index < -0.39 is 28.5 Å². The normalized spacial score (nSPS) is 13.4. The van der Waals surface area contributed by atoms with Gasteiger partial charge in [0.1, 0.15) is 0 Å². The van der Waals surface area contributed by atoms with E-state index >= 15 is 0 Å². The van der Waals surface area contributed by atoms with E-state index in [1.165, 1.54) is 31.9 Å². The van der Waals surface area contributed by atoms with Crippen LogP contribution in [0.5, 0.6) is 0 Å². The Bertz CT molecular complexity index is 7160. The van der Waals surface area contributed by atoms with Crippen molar-refractivity contribution in [2.45, 2.75) is 66.1 Å². The topological polar surface area (TPSA) is 11.4 Å². The molecule has 123 heavy (non-hydrogen) atoms. The number of nitrogens with zero attached hydrogens (tertiary/aromatic N) is 3. The van der Waals surface area contributed by atoms with Gasteiger partial charge in [0.05, 0.1) is 22.4 Å². The van der Waals surface area contributed by atoms with Crippen LogP contribution in [-0.2, 0) is 10.8 Å². The highest BCUT2D eigenvalue weighted by molar-refractivity contribution is 7.20. The first-order valence-electron chi connectivity index (χ1n) is 45.8. The molecule has 3 heterocycles. The van der Waals surface area contributed by atoms with Crippen molar-refractivity contribution in [3.8, 4) is 94.7 Å². The lowest BCUT2D eigenvalue weighted by molar-refractivity contribution is 0.569. The Balaban J connectivity index is 0.940. The minimum absolute atomic E-state index is 0.164. The second-order valence-corrected chi connectivity index (χ2v) is 38.9.